The molecule has 50 heavy (non-hydrogen) atoms. The van der Waals surface area contributed by atoms with Crippen molar-refractivity contribution in [3.8, 4) is 0 Å². The van der Waals surface area contributed by atoms with E-state index in [2.05, 4.69) is 47.9 Å². The smallest absolute Gasteiger partial charge is 0.234 e. The molecule has 0 spiro atoms. The number of hydrogen-bond donors (Lipinski definition) is 9. The van der Waals surface area contributed by atoms with Gasteiger partial charge in [0.05, 0.1) is 6.54 Å². The second kappa shape index (κ2) is 42.6. The second-order valence-electron chi connectivity index (χ2n) is 14.6. The molecule has 0 aromatic rings. The summed E-state index contributed by atoms with van der Waals surface area (Å²) >= 11 is 0. The molecular weight excluding hydrogens is 623 g/mol. The molecule has 0 saturated carbocycles. The molecule has 9 N–H and O–H groups in total. The van der Waals surface area contributed by atoms with E-state index < -0.39 is 0 Å². The minimum Gasteiger partial charge on any atom is -0.354 e. The Morgan fingerprint density at radius 2 is 0.420 bits per heavy atom. The van der Waals surface area contributed by atoms with Crippen molar-refractivity contribution in [1.82, 2.24) is 47.9 Å². The molecule has 0 aromatic carbocycles. The molecule has 4 aliphatic rings. The third kappa shape index (κ3) is 39.9. The minimum atomic E-state index is 0.0994. The Hall–Kier alpha value is -0.850. The summed E-state index contributed by atoms with van der Waals surface area (Å²) in [5.74, 6) is 0.0994. The fourth-order valence-electron chi connectivity index (χ4n) is 6.34. The largest absolute Gasteiger partial charge is 0.354 e. The van der Waals surface area contributed by atoms with Gasteiger partial charge in [-0.25, -0.2) is 0 Å². The standard InChI is InChI=1S/C11H24N2.2C10H22N2.C9H19N3O/c1-2-5-9-13-11-7-3-6-10-12-8-4-1;2*1-3-7-11-9-5-2-6-10-12-8-4-1;13-9-8-11-5-3-1-2-4-10-6-7-12-9/h12-13H,1-11H2;2*11-12H,1-10H2;10-11H,1-8H2,(H,12,13). The van der Waals surface area contributed by atoms with Gasteiger partial charge in [0.2, 0.25) is 5.91 Å². The van der Waals surface area contributed by atoms with Gasteiger partial charge in [0.25, 0.3) is 0 Å². The summed E-state index contributed by atoms with van der Waals surface area (Å²) in [4.78, 5) is 11.1. The van der Waals surface area contributed by atoms with Crippen molar-refractivity contribution in [3.05, 3.63) is 0 Å². The fraction of sp³-hybridized carbons (Fsp3) is 0.975. The third-order valence-electron chi connectivity index (χ3n) is 9.61. The average molecular weight is 710 g/mol. The zero-order valence-corrected chi connectivity index (χ0v) is 33.0. The van der Waals surface area contributed by atoms with Crippen LogP contribution in [0.4, 0.5) is 0 Å². The summed E-state index contributed by atoms with van der Waals surface area (Å²) in [7, 11) is 0. The molecule has 4 fully saturated rings. The van der Waals surface area contributed by atoms with Crippen LogP contribution in [0.3, 0.4) is 0 Å². The topological polar surface area (TPSA) is 125 Å². The molecule has 0 unspecified atom stereocenters. The Morgan fingerprint density at radius 1 is 0.220 bits per heavy atom. The van der Waals surface area contributed by atoms with Gasteiger partial charge < -0.3 is 47.9 Å². The zero-order valence-electron chi connectivity index (χ0n) is 33.0. The van der Waals surface area contributed by atoms with E-state index in [-0.39, 0.29) is 5.91 Å². The van der Waals surface area contributed by atoms with Crippen LogP contribution in [0.15, 0.2) is 0 Å². The maximum absolute atomic E-state index is 11.1. The molecule has 1 amide bonds. The summed E-state index contributed by atoms with van der Waals surface area (Å²) in [5.41, 5.74) is 0. The van der Waals surface area contributed by atoms with Crippen molar-refractivity contribution in [1.29, 1.82) is 0 Å². The van der Waals surface area contributed by atoms with Gasteiger partial charge in [-0.2, -0.15) is 0 Å². The summed E-state index contributed by atoms with van der Waals surface area (Å²) in [5, 5.41) is 30.2. The Kier molecular flexibility index (Phi) is 40.2. The number of amides is 1. The van der Waals surface area contributed by atoms with Gasteiger partial charge in [-0.1, -0.05) is 51.4 Å². The molecular formula is C40H87N9O. The van der Waals surface area contributed by atoms with Gasteiger partial charge in [-0.05, 0) is 182 Å². The lowest BCUT2D eigenvalue weighted by Gasteiger charge is -2.10. The number of rotatable bonds is 0. The molecule has 4 heterocycles. The quantitative estimate of drug-likeness (QED) is 0.180. The van der Waals surface area contributed by atoms with Crippen LogP contribution in [-0.4, -0.2) is 117 Å². The van der Waals surface area contributed by atoms with Crippen LogP contribution in [0.5, 0.6) is 0 Å². The molecule has 10 heteroatoms. The first-order valence-electron chi connectivity index (χ1n) is 21.8. The maximum atomic E-state index is 11.1. The van der Waals surface area contributed by atoms with Crippen molar-refractivity contribution in [3.63, 3.8) is 0 Å². The predicted molar refractivity (Wildman–Crippen MR) is 218 cm³/mol. The van der Waals surface area contributed by atoms with Gasteiger partial charge in [0.1, 0.15) is 0 Å². The molecule has 4 aliphatic heterocycles. The van der Waals surface area contributed by atoms with Crippen molar-refractivity contribution in [2.24, 2.45) is 0 Å². The maximum Gasteiger partial charge on any atom is 0.234 e. The van der Waals surface area contributed by atoms with Crippen molar-refractivity contribution in [2.45, 2.75) is 141 Å². The second-order valence-corrected chi connectivity index (χ2v) is 14.6. The lowest BCUT2D eigenvalue weighted by Crippen LogP contribution is -2.38. The normalized spacial score (nSPS) is 23.6. The number of carbonyl (C=O) groups excluding carboxylic acids is 1. The van der Waals surface area contributed by atoms with Crippen LogP contribution in [0.25, 0.3) is 0 Å². The van der Waals surface area contributed by atoms with E-state index in [1.165, 1.54) is 213 Å². The van der Waals surface area contributed by atoms with Crippen LogP contribution < -0.4 is 47.9 Å². The summed E-state index contributed by atoms with van der Waals surface area (Å²) in [6.45, 7) is 18.8. The van der Waals surface area contributed by atoms with E-state index in [1.54, 1.807) is 0 Å². The van der Waals surface area contributed by atoms with Gasteiger partial charge in [-0.3, -0.25) is 4.79 Å². The number of nitrogens with one attached hydrogen (secondary N) is 9. The Morgan fingerprint density at radius 3 is 0.680 bits per heavy atom. The van der Waals surface area contributed by atoms with Gasteiger partial charge in [0, 0.05) is 13.1 Å². The van der Waals surface area contributed by atoms with Crippen molar-refractivity contribution in [2.75, 3.05) is 111 Å². The van der Waals surface area contributed by atoms with Gasteiger partial charge >= 0.3 is 0 Å². The Labute approximate surface area is 310 Å². The highest BCUT2D eigenvalue weighted by molar-refractivity contribution is 5.77. The molecule has 0 aromatic heterocycles. The molecule has 10 nitrogen and oxygen atoms in total. The monoisotopic (exact) mass is 710 g/mol. The number of hydrogen-bond acceptors (Lipinski definition) is 9. The van der Waals surface area contributed by atoms with Gasteiger partial charge in [-0.15, -0.1) is 0 Å². The molecule has 298 valence electrons. The highest BCUT2D eigenvalue weighted by atomic mass is 16.1. The molecule has 0 radical (unpaired) electrons. The van der Waals surface area contributed by atoms with Crippen molar-refractivity contribution < 1.29 is 4.79 Å². The molecule has 0 aliphatic carbocycles. The van der Waals surface area contributed by atoms with E-state index in [0.717, 1.165) is 32.6 Å². The fourth-order valence-corrected chi connectivity index (χ4v) is 6.34. The number of carbonyl (C=O) groups is 1. The highest BCUT2D eigenvalue weighted by Gasteiger charge is 2.01. The first-order valence-corrected chi connectivity index (χ1v) is 21.8. The average Bonchev–Trinajstić information content (AvgIpc) is 3.14. The zero-order chi connectivity index (χ0) is 35.5. The minimum absolute atomic E-state index is 0.0994. The predicted octanol–water partition coefficient (Wildman–Crippen LogP) is 4.42. The van der Waals surface area contributed by atoms with Crippen LogP contribution in [0, 0.1) is 0 Å². The first kappa shape index (κ1) is 47.2. The molecule has 0 atom stereocenters. The highest BCUT2D eigenvalue weighted by Crippen LogP contribution is 2.01. The van der Waals surface area contributed by atoms with E-state index in [1.807, 2.05) is 0 Å². The van der Waals surface area contributed by atoms with Crippen LogP contribution in [-0.2, 0) is 4.79 Å². The van der Waals surface area contributed by atoms with E-state index in [9.17, 15) is 4.79 Å². The molecule has 4 rings (SSSR count). The van der Waals surface area contributed by atoms with Crippen LogP contribution in [0.2, 0.25) is 0 Å². The lowest BCUT2D eigenvalue weighted by atomic mass is 10.2. The van der Waals surface area contributed by atoms with E-state index >= 15 is 0 Å². The molecule has 4 saturated heterocycles. The first-order chi connectivity index (χ1) is 24.9. The lowest BCUT2D eigenvalue weighted by molar-refractivity contribution is -0.120. The summed E-state index contributed by atoms with van der Waals surface area (Å²) in [6.07, 6.45) is 29.5. The Bertz CT molecular complexity index is 486. The summed E-state index contributed by atoms with van der Waals surface area (Å²) < 4.78 is 0. The van der Waals surface area contributed by atoms with Gasteiger partial charge in [0.15, 0.2) is 0 Å². The Balaban J connectivity index is 0.000000334. The summed E-state index contributed by atoms with van der Waals surface area (Å²) in [6, 6.07) is 0. The van der Waals surface area contributed by atoms with Crippen LogP contribution >= 0.6 is 0 Å². The van der Waals surface area contributed by atoms with Crippen LogP contribution in [0.1, 0.15) is 141 Å². The van der Waals surface area contributed by atoms with Crippen molar-refractivity contribution >= 4 is 5.91 Å². The SMILES string of the molecule is C1CCCNCCCCCNCC1.C1CCNCCCCCNCC1.C1CCNCCCCCNCC1.O=C1CNCCCCCNCCN1. The van der Waals surface area contributed by atoms with E-state index in [0.29, 0.717) is 6.54 Å². The third-order valence-corrected chi connectivity index (χ3v) is 9.61. The molecule has 0 bridgehead atoms. The van der Waals surface area contributed by atoms with E-state index in [4.69, 9.17) is 0 Å².